The van der Waals surface area contributed by atoms with E-state index in [-0.39, 0.29) is 29.6 Å². The van der Waals surface area contributed by atoms with Crippen molar-refractivity contribution < 1.29 is 4.79 Å². The lowest BCUT2D eigenvalue weighted by molar-refractivity contribution is 0.0910. The lowest BCUT2D eigenvalue weighted by Crippen LogP contribution is -2.49. The second-order valence-electron chi connectivity index (χ2n) is 5.72. The van der Waals surface area contributed by atoms with Crippen LogP contribution in [0.2, 0.25) is 0 Å². The van der Waals surface area contributed by atoms with E-state index in [1.54, 1.807) is 0 Å². The second kappa shape index (κ2) is 6.81. The zero-order valence-electron chi connectivity index (χ0n) is 12.8. The molecule has 2 rings (SSSR count). The molecule has 1 heterocycles. The van der Waals surface area contributed by atoms with Crippen LogP contribution < -0.4 is 16.6 Å². The van der Waals surface area contributed by atoms with Gasteiger partial charge >= 0.3 is 0 Å². The molecule has 120 valence electrons. The van der Waals surface area contributed by atoms with Crippen molar-refractivity contribution in [1.82, 2.24) is 15.1 Å². The number of nitrogens with one attached hydrogen (secondary N) is 2. The smallest absolute Gasteiger partial charge is 0.271 e. The van der Waals surface area contributed by atoms with Crippen LogP contribution >= 0.6 is 12.4 Å². The third-order valence-electron chi connectivity index (χ3n) is 3.22. The van der Waals surface area contributed by atoms with Gasteiger partial charge in [0.25, 0.3) is 11.5 Å². The highest BCUT2D eigenvalue weighted by Gasteiger charge is 2.21. The van der Waals surface area contributed by atoms with E-state index >= 15 is 0 Å². The topological polar surface area (TPSA) is 92.9 Å². The minimum Gasteiger partial charge on any atom is -0.345 e. The van der Waals surface area contributed by atoms with E-state index in [0.29, 0.717) is 12.2 Å². The largest absolute Gasteiger partial charge is 0.345 e. The molecule has 22 heavy (non-hydrogen) atoms. The van der Waals surface area contributed by atoms with Gasteiger partial charge in [0.2, 0.25) is 0 Å². The average Bonchev–Trinajstić information content (AvgIpc) is 2.81. The van der Waals surface area contributed by atoms with Crippen LogP contribution in [0.15, 0.2) is 35.1 Å². The van der Waals surface area contributed by atoms with Crippen molar-refractivity contribution in [3.8, 4) is 5.69 Å². The van der Waals surface area contributed by atoms with Gasteiger partial charge in [-0.3, -0.25) is 14.7 Å². The molecule has 0 atom stereocenters. The van der Waals surface area contributed by atoms with E-state index in [9.17, 15) is 9.59 Å². The summed E-state index contributed by atoms with van der Waals surface area (Å²) in [5.41, 5.74) is 6.76. The summed E-state index contributed by atoms with van der Waals surface area (Å²) in [6.07, 6.45) is 0. The first-order valence-electron chi connectivity index (χ1n) is 6.74. The van der Waals surface area contributed by atoms with Crippen molar-refractivity contribution in [1.29, 1.82) is 0 Å². The molecule has 0 unspecified atom stereocenters. The van der Waals surface area contributed by atoms with Crippen molar-refractivity contribution in [2.24, 2.45) is 5.73 Å². The van der Waals surface area contributed by atoms with Gasteiger partial charge in [-0.25, -0.2) is 4.68 Å². The summed E-state index contributed by atoms with van der Waals surface area (Å²) >= 11 is 0. The molecule has 7 heteroatoms. The number of hydrogen-bond acceptors (Lipinski definition) is 3. The van der Waals surface area contributed by atoms with Gasteiger partial charge in [0.1, 0.15) is 5.69 Å². The van der Waals surface area contributed by atoms with Crippen LogP contribution in [-0.2, 0) is 0 Å². The molecule has 1 amide bonds. The van der Waals surface area contributed by atoms with Gasteiger partial charge in [-0.15, -0.1) is 12.4 Å². The Balaban J connectivity index is 0.00000242. The summed E-state index contributed by atoms with van der Waals surface area (Å²) in [7, 11) is 0. The fourth-order valence-corrected chi connectivity index (χ4v) is 1.82. The highest BCUT2D eigenvalue weighted by molar-refractivity contribution is 5.92. The first-order valence-corrected chi connectivity index (χ1v) is 6.74. The third kappa shape index (κ3) is 3.99. The van der Waals surface area contributed by atoms with E-state index in [1.165, 1.54) is 10.7 Å². The molecule has 2 aromatic rings. The summed E-state index contributed by atoms with van der Waals surface area (Å²) < 4.78 is 1.34. The summed E-state index contributed by atoms with van der Waals surface area (Å²) in [4.78, 5) is 24.1. The number of halogens is 1. The minimum atomic E-state index is -0.528. The minimum absolute atomic E-state index is 0. The van der Waals surface area contributed by atoms with Gasteiger partial charge in [0.05, 0.1) is 5.69 Å². The molecule has 0 saturated carbocycles. The predicted octanol–water partition coefficient (Wildman–Crippen LogP) is 1.36. The van der Waals surface area contributed by atoms with Crippen LogP contribution in [-0.4, -0.2) is 27.8 Å². The molecule has 0 aliphatic rings. The molecule has 0 radical (unpaired) electrons. The van der Waals surface area contributed by atoms with Crippen LogP contribution in [0, 0.1) is 6.92 Å². The highest BCUT2D eigenvalue weighted by atomic mass is 35.5. The monoisotopic (exact) mass is 324 g/mol. The maximum atomic E-state index is 12.1. The zero-order chi connectivity index (χ0) is 15.6. The predicted molar refractivity (Wildman–Crippen MR) is 89.0 cm³/mol. The Kier molecular flexibility index (Phi) is 5.57. The quantitative estimate of drug-likeness (QED) is 0.792. The summed E-state index contributed by atoms with van der Waals surface area (Å²) in [5.74, 6) is -0.353. The Labute approximate surface area is 135 Å². The van der Waals surface area contributed by atoms with Gasteiger partial charge in [-0.2, -0.15) is 0 Å². The van der Waals surface area contributed by atoms with Gasteiger partial charge < -0.3 is 11.1 Å². The molecule has 1 aromatic carbocycles. The van der Waals surface area contributed by atoms with Crippen LogP contribution in [0.1, 0.15) is 29.9 Å². The molecule has 0 bridgehead atoms. The highest BCUT2D eigenvalue weighted by Crippen LogP contribution is 2.07. The molecule has 0 spiro atoms. The normalized spacial score (nSPS) is 10.9. The van der Waals surface area contributed by atoms with Gasteiger partial charge in [-0.05, 0) is 32.9 Å². The first kappa shape index (κ1) is 18.0. The Morgan fingerprint density at radius 3 is 2.45 bits per heavy atom. The number of carbonyl (C=O) groups is 1. The fourth-order valence-electron chi connectivity index (χ4n) is 1.82. The number of aryl methyl sites for hydroxylation is 1. The SMILES string of the molecule is Cc1ccc(-n2[nH]c(C(=O)NC(C)(C)CN)cc2=O)cc1.Cl. The Bertz CT molecular complexity index is 701. The van der Waals surface area contributed by atoms with Gasteiger partial charge in [0, 0.05) is 18.2 Å². The van der Waals surface area contributed by atoms with Crippen molar-refractivity contribution in [3.63, 3.8) is 0 Å². The zero-order valence-corrected chi connectivity index (χ0v) is 13.7. The maximum absolute atomic E-state index is 12.1. The van der Waals surface area contributed by atoms with Crippen LogP contribution in [0.5, 0.6) is 0 Å². The number of hydrogen-bond donors (Lipinski definition) is 3. The standard InChI is InChI=1S/C15H20N4O2.ClH/c1-10-4-6-11(7-5-10)19-13(20)8-12(18-19)14(21)17-15(2,3)9-16;/h4-8,18H,9,16H2,1-3H3,(H,17,21);1H. The number of nitrogens with zero attached hydrogens (tertiary/aromatic N) is 1. The molecule has 0 fully saturated rings. The molecule has 0 saturated heterocycles. The molecule has 0 aliphatic carbocycles. The molecule has 1 aromatic heterocycles. The van der Waals surface area contributed by atoms with E-state index in [2.05, 4.69) is 10.4 Å². The van der Waals surface area contributed by atoms with E-state index < -0.39 is 5.54 Å². The fraction of sp³-hybridized carbons (Fsp3) is 0.333. The van der Waals surface area contributed by atoms with Gasteiger partial charge in [0.15, 0.2) is 0 Å². The second-order valence-corrected chi connectivity index (χ2v) is 5.72. The Morgan fingerprint density at radius 2 is 1.91 bits per heavy atom. The van der Waals surface area contributed by atoms with Crippen molar-refractivity contribution in [2.45, 2.75) is 26.3 Å². The van der Waals surface area contributed by atoms with Crippen molar-refractivity contribution >= 4 is 18.3 Å². The number of benzene rings is 1. The third-order valence-corrected chi connectivity index (χ3v) is 3.22. The van der Waals surface area contributed by atoms with E-state index in [0.717, 1.165) is 5.56 Å². The number of carbonyl (C=O) groups excluding carboxylic acids is 1. The van der Waals surface area contributed by atoms with Crippen LogP contribution in [0.3, 0.4) is 0 Å². The summed E-state index contributed by atoms with van der Waals surface area (Å²) in [6, 6.07) is 8.72. The number of amides is 1. The van der Waals surface area contributed by atoms with Gasteiger partial charge in [-0.1, -0.05) is 17.7 Å². The van der Waals surface area contributed by atoms with E-state index in [1.807, 2.05) is 45.0 Å². The number of aromatic amines is 1. The Hall–Kier alpha value is -2.05. The lowest BCUT2D eigenvalue weighted by atomic mass is 10.1. The summed E-state index contributed by atoms with van der Waals surface area (Å²) in [6.45, 7) is 5.91. The molecular weight excluding hydrogens is 304 g/mol. The van der Waals surface area contributed by atoms with E-state index in [4.69, 9.17) is 5.73 Å². The molecule has 0 aliphatic heterocycles. The number of aromatic nitrogens is 2. The van der Waals surface area contributed by atoms with Crippen LogP contribution in [0.25, 0.3) is 5.69 Å². The lowest BCUT2D eigenvalue weighted by Gasteiger charge is -2.23. The first-order chi connectivity index (χ1) is 9.82. The number of rotatable bonds is 4. The Morgan fingerprint density at radius 1 is 1.32 bits per heavy atom. The maximum Gasteiger partial charge on any atom is 0.271 e. The van der Waals surface area contributed by atoms with Crippen molar-refractivity contribution in [2.75, 3.05) is 6.54 Å². The average molecular weight is 325 g/mol. The number of H-pyrrole nitrogens is 1. The molecule has 6 nitrogen and oxygen atoms in total. The van der Waals surface area contributed by atoms with Crippen molar-refractivity contribution in [3.05, 3.63) is 51.9 Å². The molecule has 4 N–H and O–H groups in total. The molecular formula is C15H21ClN4O2. The summed E-state index contributed by atoms with van der Waals surface area (Å²) in [5, 5.41) is 5.59. The van der Waals surface area contributed by atoms with Crippen LogP contribution in [0.4, 0.5) is 0 Å². The number of nitrogens with two attached hydrogens (primary N) is 1.